The van der Waals surface area contributed by atoms with E-state index >= 15 is 0 Å². The number of hydrogen-bond donors (Lipinski definition) is 2. The molecular weight excluding hydrogens is 240 g/mol. The van der Waals surface area contributed by atoms with E-state index in [9.17, 15) is 0 Å². The highest BCUT2D eigenvalue weighted by Crippen LogP contribution is 2.25. The number of ether oxygens (including phenoxy) is 1. The van der Waals surface area contributed by atoms with Crippen LogP contribution in [0, 0.1) is 0 Å². The highest BCUT2D eigenvalue weighted by molar-refractivity contribution is 5.79. The summed E-state index contributed by atoms with van der Waals surface area (Å²) in [6.07, 6.45) is 7.38. The average molecular weight is 262 g/mol. The van der Waals surface area contributed by atoms with E-state index < -0.39 is 0 Å². The van der Waals surface area contributed by atoms with Gasteiger partial charge in [-0.1, -0.05) is 11.2 Å². The van der Waals surface area contributed by atoms with E-state index in [-0.39, 0.29) is 5.84 Å². The van der Waals surface area contributed by atoms with Crippen LogP contribution in [0.25, 0.3) is 0 Å². The smallest absolute Gasteiger partial charge is 0.139 e. The zero-order valence-corrected chi connectivity index (χ0v) is 11.3. The fourth-order valence-electron chi connectivity index (χ4n) is 2.45. The van der Waals surface area contributed by atoms with Crippen molar-refractivity contribution in [1.29, 1.82) is 0 Å². The Morgan fingerprint density at radius 3 is 2.79 bits per heavy atom. The van der Waals surface area contributed by atoms with Crippen LogP contribution in [0.3, 0.4) is 0 Å². The molecule has 19 heavy (non-hydrogen) atoms. The zero-order chi connectivity index (χ0) is 13.5. The molecule has 0 aromatic heterocycles. The summed E-state index contributed by atoms with van der Waals surface area (Å²) in [6, 6.07) is 6.44. The molecule has 0 unspecified atom stereocenters. The van der Waals surface area contributed by atoms with E-state index in [2.05, 4.69) is 23.4 Å². The summed E-state index contributed by atoms with van der Waals surface area (Å²) in [5.74, 6) is 1.25. The number of fused-ring (bicyclic) bond motifs is 1. The summed E-state index contributed by atoms with van der Waals surface area (Å²) >= 11 is 0. The van der Waals surface area contributed by atoms with Crippen LogP contribution in [-0.2, 0) is 12.8 Å². The molecule has 0 spiro atoms. The predicted molar refractivity (Wildman–Crippen MR) is 75.8 cm³/mol. The molecule has 1 aliphatic rings. The molecule has 0 aliphatic heterocycles. The highest BCUT2D eigenvalue weighted by atomic mass is 16.5. The minimum atomic E-state index is 0.286. The van der Waals surface area contributed by atoms with Gasteiger partial charge in [0, 0.05) is 6.42 Å². The lowest BCUT2D eigenvalue weighted by molar-refractivity contribution is 0.304. The second kappa shape index (κ2) is 7.02. The van der Waals surface area contributed by atoms with Crippen molar-refractivity contribution in [2.24, 2.45) is 10.9 Å². The predicted octanol–water partition coefficient (Wildman–Crippen LogP) is 2.86. The molecule has 0 saturated carbocycles. The van der Waals surface area contributed by atoms with Gasteiger partial charge in [-0.15, -0.1) is 0 Å². The molecule has 4 nitrogen and oxygen atoms in total. The summed E-state index contributed by atoms with van der Waals surface area (Å²) in [6.45, 7) is 0.678. The van der Waals surface area contributed by atoms with E-state index in [1.165, 1.54) is 36.8 Å². The fourth-order valence-corrected chi connectivity index (χ4v) is 2.45. The molecule has 0 heterocycles. The van der Waals surface area contributed by atoms with Crippen molar-refractivity contribution >= 4 is 5.84 Å². The summed E-state index contributed by atoms with van der Waals surface area (Å²) in [4.78, 5) is 0. The molecule has 1 aliphatic carbocycles. The first-order valence-corrected chi connectivity index (χ1v) is 7.00. The molecule has 0 fully saturated rings. The number of rotatable bonds is 6. The number of hydrogen-bond acceptors (Lipinski definition) is 3. The second-order valence-electron chi connectivity index (χ2n) is 5.03. The molecule has 1 aromatic carbocycles. The van der Waals surface area contributed by atoms with Crippen LogP contribution in [0.2, 0.25) is 0 Å². The first-order valence-electron chi connectivity index (χ1n) is 7.00. The van der Waals surface area contributed by atoms with E-state index in [0.29, 0.717) is 13.0 Å². The summed E-state index contributed by atoms with van der Waals surface area (Å²) in [7, 11) is 0. The van der Waals surface area contributed by atoms with Gasteiger partial charge in [-0.3, -0.25) is 0 Å². The maximum absolute atomic E-state index is 8.41. The largest absolute Gasteiger partial charge is 0.494 e. The van der Waals surface area contributed by atoms with Crippen molar-refractivity contribution in [2.45, 2.75) is 44.9 Å². The van der Waals surface area contributed by atoms with Gasteiger partial charge in [-0.05, 0) is 61.8 Å². The Balaban J connectivity index is 1.74. The number of unbranched alkanes of at least 4 members (excludes halogenated alkanes) is 1. The average Bonchev–Trinajstić information content (AvgIpc) is 2.46. The Labute approximate surface area is 114 Å². The normalized spacial score (nSPS) is 15.1. The van der Waals surface area contributed by atoms with Gasteiger partial charge in [-0.25, -0.2) is 0 Å². The highest BCUT2D eigenvalue weighted by Gasteiger charge is 2.09. The van der Waals surface area contributed by atoms with Crippen LogP contribution in [0.1, 0.15) is 43.2 Å². The first-order chi connectivity index (χ1) is 9.29. The van der Waals surface area contributed by atoms with Gasteiger partial charge in [0.05, 0.1) is 6.61 Å². The fraction of sp³-hybridized carbons (Fsp3) is 0.533. The monoisotopic (exact) mass is 262 g/mol. The Hall–Kier alpha value is -1.71. The molecule has 0 saturated heterocycles. The van der Waals surface area contributed by atoms with Crippen molar-refractivity contribution in [3.05, 3.63) is 29.3 Å². The van der Waals surface area contributed by atoms with Crippen molar-refractivity contribution in [3.8, 4) is 5.75 Å². The van der Waals surface area contributed by atoms with E-state index in [1.807, 2.05) is 0 Å². The Kier molecular flexibility index (Phi) is 5.07. The van der Waals surface area contributed by atoms with Crippen molar-refractivity contribution in [2.75, 3.05) is 6.61 Å². The van der Waals surface area contributed by atoms with Crippen LogP contribution in [0.15, 0.2) is 23.4 Å². The van der Waals surface area contributed by atoms with Crippen molar-refractivity contribution < 1.29 is 9.94 Å². The van der Waals surface area contributed by atoms with E-state index in [1.54, 1.807) is 0 Å². The number of benzene rings is 1. The molecule has 0 amide bonds. The molecule has 2 rings (SSSR count). The third-order valence-corrected chi connectivity index (χ3v) is 3.54. The number of aryl methyl sites for hydroxylation is 2. The molecule has 104 valence electrons. The Morgan fingerprint density at radius 1 is 1.21 bits per heavy atom. The van der Waals surface area contributed by atoms with Crippen LogP contribution in [-0.4, -0.2) is 17.6 Å². The topological polar surface area (TPSA) is 67.8 Å². The number of nitrogens with zero attached hydrogens (tertiary/aromatic N) is 1. The van der Waals surface area contributed by atoms with E-state index in [4.69, 9.17) is 15.7 Å². The first kappa shape index (κ1) is 13.7. The molecule has 0 bridgehead atoms. The lowest BCUT2D eigenvalue weighted by Gasteiger charge is -2.16. The van der Waals surface area contributed by atoms with Gasteiger partial charge in [0.15, 0.2) is 0 Å². The van der Waals surface area contributed by atoms with Gasteiger partial charge in [0.25, 0.3) is 0 Å². The zero-order valence-electron chi connectivity index (χ0n) is 11.3. The van der Waals surface area contributed by atoms with Crippen molar-refractivity contribution in [3.63, 3.8) is 0 Å². The summed E-state index contributed by atoms with van der Waals surface area (Å²) < 4.78 is 5.74. The van der Waals surface area contributed by atoms with Crippen molar-refractivity contribution in [1.82, 2.24) is 0 Å². The summed E-state index contributed by atoms with van der Waals surface area (Å²) in [5.41, 5.74) is 8.32. The third kappa shape index (κ3) is 4.16. The molecule has 3 N–H and O–H groups in total. The molecule has 0 radical (unpaired) electrons. The lowest BCUT2D eigenvalue weighted by atomic mass is 9.92. The van der Waals surface area contributed by atoms with Gasteiger partial charge in [0.1, 0.15) is 11.6 Å². The van der Waals surface area contributed by atoms with Crippen LogP contribution >= 0.6 is 0 Å². The van der Waals surface area contributed by atoms with Gasteiger partial charge in [-0.2, -0.15) is 0 Å². The van der Waals surface area contributed by atoms with E-state index in [0.717, 1.165) is 18.6 Å². The number of oxime groups is 1. The molecular formula is C15H22N2O2. The van der Waals surface area contributed by atoms with Gasteiger partial charge < -0.3 is 15.7 Å². The van der Waals surface area contributed by atoms with Crippen LogP contribution < -0.4 is 10.5 Å². The summed E-state index contributed by atoms with van der Waals surface area (Å²) in [5, 5.41) is 11.4. The Morgan fingerprint density at radius 2 is 2.00 bits per heavy atom. The van der Waals surface area contributed by atoms with Crippen LogP contribution in [0.5, 0.6) is 5.75 Å². The van der Waals surface area contributed by atoms with Gasteiger partial charge in [0.2, 0.25) is 0 Å². The Bertz CT molecular complexity index is 444. The standard InChI is InChI=1S/C15H22N2O2/c16-15(17-18)7-3-4-10-19-14-9-8-12-5-1-2-6-13(12)11-14/h8-9,11,18H,1-7,10H2,(H2,16,17). The molecule has 0 atom stereocenters. The minimum Gasteiger partial charge on any atom is -0.494 e. The number of amidine groups is 1. The lowest BCUT2D eigenvalue weighted by Crippen LogP contribution is -2.11. The third-order valence-electron chi connectivity index (χ3n) is 3.54. The minimum absolute atomic E-state index is 0.286. The maximum atomic E-state index is 8.41. The van der Waals surface area contributed by atoms with Crippen LogP contribution in [0.4, 0.5) is 0 Å². The quantitative estimate of drug-likeness (QED) is 0.272. The maximum Gasteiger partial charge on any atom is 0.139 e. The SMILES string of the molecule is N/C(CCCCOc1ccc2c(c1)CCCC2)=N/O. The molecule has 4 heteroatoms. The molecule has 1 aromatic rings. The second-order valence-corrected chi connectivity index (χ2v) is 5.03. The van der Waals surface area contributed by atoms with Gasteiger partial charge >= 0.3 is 0 Å². The number of nitrogens with two attached hydrogens (primary N) is 1.